The van der Waals surface area contributed by atoms with Crippen LogP contribution in [0.5, 0.6) is 0 Å². The van der Waals surface area contributed by atoms with E-state index in [0.29, 0.717) is 23.4 Å². The quantitative estimate of drug-likeness (QED) is 0.925. The summed E-state index contributed by atoms with van der Waals surface area (Å²) in [6.45, 7) is 1.33. The van der Waals surface area contributed by atoms with Gasteiger partial charge in [-0.3, -0.25) is 4.79 Å². The molecule has 1 atom stereocenters. The van der Waals surface area contributed by atoms with Crippen molar-refractivity contribution in [2.75, 3.05) is 19.3 Å². The summed E-state index contributed by atoms with van der Waals surface area (Å²) in [7, 11) is 0. The van der Waals surface area contributed by atoms with Crippen LogP contribution in [0, 0.1) is 5.82 Å². The standard InChI is InChI=1S/C14H19FN2OS/c1-19-9-11-7-10(4-5-13(11)15)14(18)17-6-2-3-12(16)8-17/h4-5,7,12H,2-3,6,8-9,16H2,1H3/t12-/m0/s1. The van der Waals surface area contributed by atoms with Crippen LogP contribution in [0.1, 0.15) is 28.8 Å². The fourth-order valence-electron chi connectivity index (χ4n) is 2.35. The number of hydrogen-bond donors (Lipinski definition) is 1. The van der Waals surface area contributed by atoms with Crippen molar-refractivity contribution < 1.29 is 9.18 Å². The molecule has 1 saturated heterocycles. The van der Waals surface area contributed by atoms with Crippen molar-refractivity contribution >= 4 is 17.7 Å². The van der Waals surface area contributed by atoms with Gasteiger partial charge in [0, 0.05) is 30.4 Å². The third kappa shape index (κ3) is 3.48. The first kappa shape index (κ1) is 14.3. The Kier molecular flexibility index (Phi) is 4.82. The number of halogens is 1. The van der Waals surface area contributed by atoms with Gasteiger partial charge in [0.2, 0.25) is 0 Å². The lowest BCUT2D eigenvalue weighted by molar-refractivity contribution is 0.0708. The summed E-state index contributed by atoms with van der Waals surface area (Å²) in [5, 5.41) is 0. The Balaban J connectivity index is 2.16. The fraction of sp³-hybridized carbons (Fsp3) is 0.500. The third-order valence-corrected chi connectivity index (χ3v) is 3.94. The van der Waals surface area contributed by atoms with E-state index in [9.17, 15) is 9.18 Å². The molecule has 3 nitrogen and oxygen atoms in total. The van der Waals surface area contributed by atoms with Crippen molar-refractivity contribution in [1.29, 1.82) is 0 Å². The predicted octanol–water partition coefficient (Wildman–Crippen LogP) is 2.25. The Morgan fingerprint density at radius 3 is 3.05 bits per heavy atom. The number of nitrogens with zero attached hydrogens (tertiary/aromatic N) is 1. The van der Waals surface area contributed by atoms with E-state index in [1.807, 2.05) is 6.26 Å². The average molecular weight is 282 g/mol. The molecule has 1 amide bonds. The lowest BCUT2D eigenvalue weighted by Gasteiger charge is -2.30. The van der Waals surface area contributed by atoms with Crippen LogP contribution in [0.15, 0.2) is 18.2 Å². The zero-order chi connectivity index (χ0) is 13.8. The van der Waals surface area contributed by atoms with Crippen LogP contribution in [0.4, 0.5) is 4.39 Å². The van der Waals surface area contributed by atoms with E-state index in [-0.39, 0.29) is 17.8 Å². The van der Waals surface area contributed by atoms with Gasteiger partial charge in [-0.15, -0.1) is 0 Å². The Bertz CT molecular complexity index is 467. The van der Waals surface area contributed by atoms with Gasteiger partial charge < -0.3 is 10.6 Å². The third-order valence-electron chi connectivity index (χ3n) is 3.34. The van der Waals surface area contributed by atoms with E-state index in [2.05, 4.69) is 0 Å². The normalized spacial score (nSPS) is 19.5. The molecule has 0 unspecified atom stereocenters. The number of amides is 1. The SMILES string of the molecule is CSCc1cc(C(=O)N2CCC[C@H](N)C2)ccc1F. The molecular weight excluding hydrogens is 263 g/mol. The van der Waals surface area contributed by atoms with Crippen molar-refractivity contribution in [1.82, 2.24) is 4.90 Å². The molecule has 0 saturated carbocycles. The molecular formula is C14H19FN2OS. The predicted molar refractivity (Wildman–Crippen MR) is 76.7 cm³/mol. The summed E-state index contributed by atoms with van der Waals surface area (Å²) in [5.74, 6) is 0.283. The molecule has 0 aromatic heterocycles. The molecule has 5 heteroatoms. The van der Waals surface area contributed by atoms with Gasteiger partial charge in [0.05, 0.1) is 0 Å². The van der Waals surface area contributed by atoms with Gasteiger partial charge in [-0.1, -0.05) is 0 Å². The summed E-state index contributed by atoms with van der Waals surface area (Å²) in [6.07, 6.45) is 3.81. The molecule has 1 aromatic rings. The molecule has 1 fully saturated rings. The summed E-state index contributed by atoms with van der Waals surface area (Å²) in [6, 6.07) is 4.65. The number of carbonyl (C=O) groups is 1. The highest BCUT2D eigenvalue weighted by molar-refractivity contribution is 7.97. The molecule has 1 aliphatic heterocycles. The van der Waals surface area contributed by atoms with Gasteiger partial charge in [0.1, 0.15) is 5.82 Å². The van der Waals surface area contributed by atoms with Gasteiger partial charge in [-0.05, 0) is 42.9 Å². The van der Waals surface area contributed by atoms with E-state index in [1.54, 1.807) is 28.8 Å². The monoisotopic (exact) mass is 282 g/mol. The van der Waals surface area contributed by atoms with Crippen LogP contribution < -0.4 is 5.73 Å². The van der Waals surface area contributed by atoms with Crippen LogP contribution in [0.2, 0.25) is 0 Å². The van der Waals surface area contributed by atoms with Gasteiger partial charge in [0.25, 0.3) is 5.91 Å². The minimum absolute atomic E-state index is 0.0440. The van der Waals surface area contributed by atoms with Gasteiger partial charge in [0.15, 0.2) is 0 Å². The van der Waals surface area contributed by atoms with Crippen molar-refractivity contribution in [3.05, 3.63) is 35.1 Å². The fourth-order valence-corrected chi connectivity index (χ4v) is 2.88. The molecule has 0 radical (unpaired) electrons. The number of likely N-dealkylation sites (tertiary alicyclic amines) is 1. The van der Waals surface area contributed by atoms with E-state index in [4.69, 9.17) is 5.73 Å². The van der Waals surface area contributed by atoms with E-state index in [1.165, 1.54) is 6.07 Å². The van der Waals surface area contributed by atoms with Crippen molar-refractivity contribution in [3.8, 4) is 0 Å². The van der Waals surface area contributed by atoms with Crippen molar-refractivity contribution in [2.24, 2.45) is 5.73 Å². The number of benzene rings is 1. The maximum Gasteiger partial charge on any atom is 0.253 e. The number of hydrogen-bond acceptors (Lipinski definition) is 3. The first-order valence-corrected chi connectivity index (χ1v) is 7.83. The summed E-state index contributed by atoms with van der Waals surface area (Å²) < 4.78 is 13.6. The topological polar surface area (TPSA) is 46.3 Å². The second-order valence-corrected chi connectivity index (χ2v) is 5.76. The molecule has 2 rings (SSSR count). The number of rotatable bonds is 3. The zero-order valence-corrected chi connectivity index (χ0v) is 11.9. The molecule has 104 valence electrons. The smallest absolute Gasteiger partial charge is 0.253 e. The second kappa shape index (κ2) is 6.39. The first-order valence-electron chi connectivity index (χ1n) is 6.44. The number of thioether (sulfide) groups is 1. The summed E-state index contributed by atoms with van der Waals surface area (Å²) in [5.41, 5.74) is 7.02. The Labute approximate surface area is 117 Å². The number of nitrogens with two attached hydrogens (primary N) is 1. The minimum atomic E-state index is -0.249. The Morgan fingerprint density at radius 2 is 2.37 bits per heavy atom. The molecule has 0 aliphatic carbocycles. The summed E-state index contributed by atoms with van der Waals surface area (Å²) in [4.78, 5) is 14.1. The van der Waals surface area contributed by atoms with Crippen LogP contribution in [0.25, 0.3) is 0 Å². The highest BCUT2D eigenvalue weighted by atomic mass is 32.2. The lowest BCUT2D eigenvalue weighted by Crippen LogP contribution is -2.45. The molecule has 0 spiro atoms. The lowest BCUT2D eigenvalue weighted by atomic mass is 10.0. The van der Waals surface area contributed by atoms with Crippen molar-refractivity contribution in [3.63, 3.8) is 0 Å². The highest BCUT2D eigenvalue weighted by Crippen LogP contribution is 2.18. The molecule has 2 N–H and O–H groups in total. The largest absolute Gasteiger partial charge is 0.337 e. The second-order valence-electron chi connectivity index (χ2n) is 4.89. The maximum atomic E-state index is 13.6. The van der Waals surface area contributed by atoms with Gasteiger partial charge in [-0.2, -0.15) is 11.8 Å². The highest BCUT2D eigenvalue weighted by Gasteiger charge is 2.22. The van der Waals surface area contributed by atoms with Crippen LogP contribution in [-0.2, 0) is 5.75 Å². The average Bonchev–Trinajstić information content (AvgIpc) is 2.41. The molecule has 0 bridgehead atoms. The number of carbonyl (C=O) groups excluding carboxylic acids is 1. The van der Waals surface area contributed by atoms with E-state index >= 15 is 0 Å². The molecule has 19 heavy (non-hydrogen) atoms. The Morgan fingerprint density at radius 1 is 1.58 bits per heavy atom. The van der Waals surface area contributed by atoms with E-state index in [0.717, 1.165) is 19.4 Å². The molecule has 1 heterocycles. The van der Waals surface area contributed by atoms with Gasteiger partial charge in [-0.25, -0.2) is 4.39 Å². The minimum Gasteiger partial charge on any atom is -0.337 e. The van der Waals surface area contributed by atoms with Crippen LogP contribution in [0.3, 0.4) is 0 Å². The molecule has 1 aromatic carbocycles. The zero-order valence-electron chi connectivity index (χ0n) is 11.1. The number of piperidine rings is 1. The summed E-state index contributed by atoms with van der Waals surface area (Å²) >= 11 is 1.54. The molecule has 1 aliphatic rings. The first-order chi connectivity index (χ1) is 9.11. The van der Waals surface area contributed by atoms with Gasteiger partial charge >= 0.3 is 0 Å². The van der Waals surface area contributed by atoms with Crippen LogP contribution in [-0.4, -0.2) is 36.2 Å². The Hall–Kier alpha value is -1.07. The van der Waals surface area contributed by atoms with E-state index < -0.39 is 0 Å². The van der Waals surface area contributed by atoms with Crippen LogP contribution >= 0.6 is 11.8 Å². The maximum absolute atomic E-state index is 13.6. The van der Waals surface area contributed by atoms with Crippen molar-refractivity contribution in [2.45, 2.75) is 24.6 Å².